The Hall–Kier alpha value is -0.810. The summed E-state index contributed by atoms with van der Waals surface area (Å²) in [4.78, 5) is 4.54. The Morgan fingerprint density at radius 2 is 1.78 bits per heavy atom. The first-order valence-electron chi connectivity index (χ1n) is 9.49. The minimum atomic E-state index is 0.519. The van der Waals surface area contributed by atoms with Crippen LogP contribution in [0.3, 0.4) is 0 Å². The van der Waals surface area contributed by atoms with E-state index >= 15 is 0 Å². The second-order valence-corrected chi connectivity index (χ2v) is 6.23. The first kappa shape index (κ1) is 20.2. The Bertz CT molecular complexity index is 290. The van der Waals surface area contributed by atoms with Crippen molar-refractivity contribution in [3.63, 3.8) is 0 Å². The fourth-order valence-electron chi connectivity index (χ4n) is 2.83. The van der Waals surface area contributed by atoms with Gasteiger partial charge < -0.3 is 20.1 Å². The molecule has 0 saturated heterocycles. The van der Waals surface area contributed by atoms with Crippen LogP contribution in [0.25, 0.3) is 0 Å². The van der Waals surface area contributed by atoms with Gasteiger partial charge in [0.05, 0.1) is 6.10 Å². The van der Waals surface area contributed by atoms with Gasteiger partial charge in [0.2, 0.25) is 0 Å². The topological polar surface area (TPSA) is 54.9 Å². The van der Waals surface area contributed by atoms with Crippen molar-refractivity contribution < 1.29 is 9.47 Å². The standard InChI is InChI=1S/C18H37N3O2/c1-3-19-18(21-14-10-15-22-2)20-13-8-9-16-23-17-11-6-4-5-7-12-17/h17H,3-16H2,1-2H3,(H2,19,20,21). The van der Waals surface area contributed by atoms with E-state index in [0.29, 0.717) is 6.10 Å². The lowest BCUT2D eigenvalue weighted by molar-refractivity contribution is 0.0411. The number of nitrogens with one attached hydrogen (secondary N) is 2. The van der Waals surface area contributed by atoms with Gasteiger partial charge in [-0.1, -0.05) is 25.7 Å². The molecule has 0 unspecified atom stereocenters. The summed E-state index contributed by atoms with van der Waals surface area (Å²) < 4.78 is 11.1. The molecule has 0 radical (unpaired) electrons. The van der Waals surface area contributed by atoms with Crippen LogP contribution in [-0.2, 0) is 9.47 Å². The van der Waals surface area contributed by atoms with Gasteiger partial charge in [0.15, 0.2) is 5.96 Å². The number of unbranched alkanes of at least 4 members (excludes halogenated alkanes) is 1. The summed E-state index contributed by atoms with van der Waals surface area (Å²) in [6, 6.07) is 0. The van der Waals surface area contributed by atoms with E-state index < -0.39 is 0 Å². The maximum Gasteiger partial charge on any atom is 0.191 e. The normalized spacial score (nSPS) is 17.0. The van der Waals surface area contributed by atoms with E-state index in [0.717, 1.165) is 58.1 Å². The van der Waals surface area contributed by atoms with Crippen LogP contribution in [-0.4, -0.2) is 52.0 Å². The van der Waals surface area contributed by atoms with Crippen molar-refractivity contribution in [2.75, 3.05) is 40.0 Å². The molecule has 0 atom stereocenters. The minimum absolute atomic E-state index is 0.519. The van der Waals surface area contributed by atoms with E-state index in [1.807, 2.05) is 0 Å². The van der Waals surface area contributed by atoms with Crippen LogP contribution in [0.15, 0.2) is 4.99 Å². The van der Waals surface area contributed by atoms with E-state index in [-0.39, 0.29) is 0 Å². The van der Waals surface area contributed by atoms with Gasteiger partial charge in [-0.05, 0) is 39.0 Å². The van der Waals surface area contributed by atoms with Crippen LogP contribution < -0.4 is 10.6 Å². The summed E-state index contributed by atoms with van der Waals surface area (Å²) >= 11 is 0. The Kier molecular flexibility index (Phi) is 13.0. The van der Waals surface area contributed by atoms with Crippen LogP contribution in [0.2, 0.25) is 0 Å². The van der Waals surface area contributed by atoms with Crippen molar-refractivity contribution in [2.24, 2.45) is 4.99 Å². The molecule has 0 aromatic carbocycles. The number of hydrogen-bond acceptors (Lipinski definition) is 3. The minimum Gasteiger partial charge on any atom is -0.385 e. The summed E-state index contributed by atoms with van der Waals surface area (Å²) in [5, 5.41) is 6.66. The highest BCUT2D eigenvalue weighted by Crippen LogP contribution is 2.19. The van der Waals surface area contributed by atoms with Crippen LogP contribution >= 0.6 is 0 Å². The van der Waals surface area contributed by atoms with Gasteiger partial charge in [-0.25, -0.2) is 0 Å². The molecular weight excluding hydrogens is 290 g/mol. The third-order valence-corrected chi connectivity index (χ3v) is 4.14. The van der Waals surface area contributed by atoms with Crippen molar-refractivity contribution in [3.05, 3.63) is 0 Å². The lowest BCUT2D eigenvalue weighted by atomic mass is 10.1. The number of methoxy groups -OCH3 is 1. The smallest absolute Gasteiger partial charge is 0.191 e. The number of guanidine groups is 1. The van der Waals surface area contributed by atoms with E-state index in [2.05, 4.69) is 22.5 Å². The number of nitrogens with zero attached hydrogens (tertiary/aromatic N) is 1. The van der Waals surface area contributed by atoms with E-state index in [4.69, 9.17) is 9.47 Å². The maximum atomic E-state index is 6.02. The predicted molar refractivity (Wildman–Crippen MR) is 97.2 cm³/mol. The maximum absolute atomic E-state index is 6.02. The lowest BCUT2D eigenvalue weighted by Gasteiger charge is -2.15. The van der Waals surface area contributed by atoms with Crippen molar-refractivity contribution in [2.45, 2.75) is 70.8 Å². The summed E-state index contributed by atoms with van der Waals surface area (Å²) in [5.41, 5.74) is 0. The molecule has 0 aromatic rings. The van der Waals surface area contributed by atoms with Crippen LogP contribution in [0.4, 0.5) is 0 Å². The van der Waals surface area contributed by atoms with E-state index in [9.17, 15) is 0 Å². The molecule has 0 amide bonds. The fraction of sp³-hybridized carbons (Fsp3) is 0.944. The third kappa shape index (κ3) is 11.4. The second-order valence-electron chi connectivity index (χ2n) is 6.23. The molecule has 1 saturated carbocycles. The summed E-state index contributed by atoms with van der Waals surface area (Å²) in [6.07, 6.45) is 11.7. The van der Waals surface area contributed by atoms with Crippen LogP contribution in [0.1, 0.15) is 64.7 Å². The van der Waals surface area contributed by atoms with E-state index in [1.165, 1.54) is 38.5 Å². The third-order valence-electron chi connectivity index (χ3n) is 4.14. The Labute approximate surface area is 142 Å². The molecule has 0 aliphatic heterocycles. The van der Waals surface area contributed by atoms with E-state index in [1.54, 1.807) is 7.11 Å². The molecule has 1 rings (SSSR count). The zero-order chi connectivity index (χ0) is 16.6. The van der Waals surface area contributed by atoms with Crippen molar-refractivity contribution in [1.29, 1.82) is 0 Å². The fourth-order valence-corrected chi connectivity index (χ4v) is 2.83. The number of rotatable bonds is 11. The number of ether oxygens (including phenoxy) is 2. The molecule has 2 N–H and O–H groups in total. The molecule has 0 heterocycles. The Morgan fingerprint density at radius 3 is 2.48 bits per heavy atom. The zero-order valence-corrected chi connectivity index (χ0v) is 15.2. The lowest BCUT2D eigenvalue weighted by Crippen LogP contribution is -2.38. The van der Waals surface area contributed by atoms with Crippen LogP contribution in [0.5, 0.6) is 0 Å². The summed E-state index contributed by atoms with van der Waals surface area (Å²) in [5.74, 6) is 0.910. The Balaban J connectivity index is 2.03. The zero-order valence-electron chi connectivity index (χ0n) is 15.2. The highest BCUT2D eigenvalue weighted by atomic mass is 16.5. The van der Waals surface area contributed by atoms with Gasteiger partial charge in [0.1, 0.15) is 0 Å². The first-order valence-corrected chi connectivity index (χ1v) is 9.49. The van der Waals surface area contributed by atoms with Gasteiger partial charge in [-0.2, -0.15) is 0 Å². The molecular formula is C18H37N3O2. The molecule has 5 nitrogen and oxygen atoms in total. The molecule has 0 bridgehead atoms. The highest BCUT2D eigenvalue weighted by Gasteiger charge is 2.11. The molecule has 23 heavy (non-hydrogen) atoms. The van der Waals surface area contributed by atoms with Gasteiger partial charge >= 0.3 is 0 Å². The monoisotopic (exact) mass is 327 g/mol. The average molecular weight is 328 g/mol. The van der Waals surface area contributed by atoms with Gasteiger partial charge in [0.25, 0.3) is 0 Å². The summed E-state index contributed by atoms with van der Waals surface area (Å²) in [7, 11) is 1.73. The Morgan fingerprint density at radius 1 is 1.00 bits per heavy atom. The number of aliphatic imine (C=N–C) groups is 1. The van der Waals surface area contributed by atoms with Crippen molar-refractivity contribution in [1.82, 2.24) is 10.6 Å². The quantitative estimate of drug-likeness (QED) is 0.265. The van der Waals surface area contributed by atoms with Gasteiger partial charge in [-0.15, -0.1) is 0 Å². The molecule has 0 aromatic heterocycles. The first-order chi connectivity index (χ1) is 11.4. The number of hydrogen-bond donors (Lipinski definition) is 2. The van der Waals surface area contributed by atoms with Gasteiger partial charge in [0, 0.05) is 40.0 Å². The van der Waals surface area contributed by atoms with Crippen molar-refractivity contribution in [3.8, 4) is 0 Å². The average Bonchev–Trinajstić information content (AvgIpc) is 2.83. The molecule has 1 aliphatic carbocycles. The summed E-state index contributed by atoms with van der Waals surface area (Å²) in [6.45, 7) is 6.39. The predicted octanol–water partition coefficient (Wildman–Crippen LogP) is 3.10. The largest absolute Gasteiger partial charge is 0.385 e. The molecule has 1 aliphatic rings. The molecule has 0 spiro atoms. The highest BCUT2D eigenvalue weighted by molar-refractivity contribution is 5.79. The molecule has 136 valence electrons. The SMILES string of the molecule is CCNC(=NCCCOC)NCCCCOC1CCCCCC1. The second kappa shape index (κ2) is 14.8. The molecule has 1 fully saturated rings. The van der Waals surface area contributed by atoms with Gasteiger partial charge in [-0.3, -0.25) is 4.99 Å². The van der Waals surface area contributed by atoms with Crippen molar-refractivity contribution >= 4 is 5.96 Å². The van der Waals surface area contributed by atoms with Crippen LogP contribution in [0, 0.1) is 0 Å². The molecule has 5 heteroatoms.